The van der Waals surface area contributed by atoms with Crippen molar-refractivity contribution in [1.82, 2.24) is 4.90 Å². The molecule has 0 radical (unpaired) electrons. The number of hydrogen-bond acceptors (Lipinski definition) is 3. The van der Waals surface area contributed by atoms with Crippen molar-refractivity contribution in [2.24, 2.45) is 5.73 Å². The van der Waals surface area contributed by atoms with Crippen LogP contribution >= 0.6 is 11.6 Å². The van der Waals surface area contributed by atoms with Gasteiger partial charge in [-0.1, -0.05) is 24.6 Å². The van der Waals surface area contributed by atoms with Crippen LogP contribution in [0.2, 0.25) is 5.02 Å². The molecule has 3 nitrogen and oxygen atoms in total. The normalized spacial score (nSPS) is 11.0. The molecule has 0 fully saturated rings. The lowest BCUT2D eigenvalue weighted by Gasteiger charge is -2.28. The number of nitrogens with two attached hydrogens (primary N) is 1. The molecule has 0 amide bonds. The fourth-order valence-electron chi connectivity index (χ4n) is 1.95. The van der Waals surface area contributed by atoms with E-state index < -0.39 is 0 Å². The summed E-state index contributed by atoms with van der Waals surface area (Å²) in [5.74, 6) is 0. The van der Waals surface area contributed by atoms with E-state index in [0.717, 1.165) is 36.6 Å². The molecular weight excluding hydrogens is 246 g/mol. The molecule has 0 aliphatic heterocycles. The minimum absolute atomic E-state index is 0.550. The molecule has 0 saturated carbocycles. The highest BCUT2D eigenvalue weighted by molar-refractivity contribution is 6.30. The molecule has 1 aromatic carbocycles. The summed E-state index contributed by atoms with van der Waals surface area (Å²) >= 11 is 6.10. The Kier molecular flexibility index (Phi) is 6.47. The Bertz CT molecular complexity index is 366. The quantitative estimate of drug-likeness (QED) is 0.826. The lowest BCUT2D eigenvalue weighted by molar-refractivity contribution is 0.413. The molecule has 18 heavy (non-hydrogen) atoms. The fourth-order valence-corrected chi connectivity index (χ4v) is 2.11. The van der Waals surface area contributed by atoms with Gasteiger partial charge >= 0.3 is 0 Å². The lowest BCUT2D eigenvalue weighted by atomic mass is 10.1. The average molecular weight is 270 g/mol. The van der Waals surface area contributed by atoms with Crippen LogP contribution in [0.3, 0.4) is 0 Å². The topological polar surface area (TPSA) is 32.5 Å². The first kappa shape index (κ1) is 15.3. The second-order valence-electron chi connectivity index (χ2n) is 4.77. The van der Waals surface area contributed by atoms with Crippen molar-refractivity contribution in [3.05, 3.63) is 28.8 Å². The zero-order chi connectivity index (χ0) is 13.5. The van der Waals surface area contributed by atoms with Gasteiger partial charge in [-0.3, -0.25) is 0 Å². The van der Waals surface area contributed by atoms with Crippen LogP contribution in [0.25, 0.3) is 0 Å². The summed E-state index contributed by atoms with van der Waals surface area (Å²) in [6.45, 7) is 5.79. The second-order valence-corrected chi connectivity index (χ2v) is 5.20. The Balaban J connectivity index is 2.92. The van der Waals surface area contributed by atoms with E-state index in [2.05, 4.69) is 30.8 Å². The monoisotopic (exact) mass is 269 g/mol. The SMILES string of the molecule is CCCN(CCN(C)C)c1cc(Cl)ccc1CN. The molecule has 0 aromatic heterocycles. The van der Waals surface area contributed by atoms with Crippen LogP contribution in [0.15, 0.2) is 18.2 Å². The molecule has 0 unspecified atom stereocenters. The molecule has 0 aliphatic carbocycles. The average Bonchev–Trinajstić information content (AvgIpc) is 2.34. The Morgan fingerprint density at radius 3 is 2.44 bits per heavy atom. The van der Waals surface area contributed by atoms with Gasteiger partial charge in [-0.15, -0.1) is 0 Å². The smallest absolute Gasteiger partial charge is 0.0427 e. The van der Waals surface area contributed by atoms with E-state index in [1.54, 1.807) is 0 Å². The van der Waals surface area contributed by atoms with Crippen molar-refractivity contribution < 1.29 is 0 Å². The van der Waals surface area contributed by atoms with Crippen molar-refractivity contribution in [2.45, 2.75) is 19.9 Å². The van der Waals surface area contributed by atoms with E-state index in [4.69, 9.17) is 17.3 Å². The van der Waals surface area contributed by atoms with Gasteiger partial charge < -0.3 is 15.5 Å². The summed E-state index contributed by atoms with van der Waals surface area (Å²) in [5.41, 5.74) is 8.14. The summed E-state index contributed by atoms with van der Waals surface area (Å²) < 4.78 is 0. The Hall–Kier alpha value is -0.770. The maximum atomic E-state index is 6.10. The number of anilines is 1. The van der Waals surface area contributed by atoms with Gasteiger partial charge in [0.15, 0.2) is 0 Å². The first-order valence-corrected chi connectivity index (χ1v) is 6.84. The van der Waals surface area contributed by atoms with Gasteiger partial charge in [0.1, 0.15) is 0 Å². The maximum Gasteiger partial charge on any atom is 0.0427 e. The number of likely N-dealkylation sites (N-methyl/N-ethyl adjacent to an activating group) is 1. The van der Waals surface area contributed by atoms with Crippen LogP contribution in [-0.4, -0.2) is 38.6 Å². The minimum Gasteiger partial charge on any atom is -0.370 e. The highest BCUT2D eigenvalue weighted by atomic mass is 35.5. The van der Waals surface area contributed by atoms with Crippen LogP contribution in [0.1, 0.15) is 18.9 Å². The molecule has 1 rings (SSSR count). The van der Waals surface area contributed by atoms with Gasteiger partial charge in [0.25, 0.3) is 0 Å². The van der Waals surface area contributed by atoms with Gasteiger partial charge in [0.05, 0.1) is 0 Å². The largest absolute Gasteiger partial charge is 0.370 e. The van der Waals surface area contributed by atoms with Gasteiger partial charge in [-0.2, -0.15) is 0 Å². The minimum atomic E-state index is 0.550. The summed E-state index contributed by atoms with van der Waals surface area (Å²) in [7, 11) is 4.18. The molecule has 0 bridgehead atoms. The number of benzene rings is 1. The zero-order valence-electron chi connectivity index (χ0n) is 11.6. The third-order valence-corrected chi connectivity index (χ3v) is 3.15. The first-order valence-electron chi connectivity index (χ1n) is 6.46. The van der Waals surface area contributed by atoms with Crippen molar-refractivity contribution in [3.63, 3.8) is 0 Å². The van der Waals surface area contributed by atoms with Gasteiger partial charge in [0.2, 0.25) is 0 Å². The van der Waals surface area contributed by atoms with E-state index >= 15 is 0 Å². The second kappa shape index (κ2) is 7.62. The molecule has 1 aromatic rings. The van der Waals surface area contributed by atoms with E-state index in [-0.39, 0.29) is 0 Å². The van der Waals surface area contributed by atoms with Crippen molar-refractivity contribution in [3.8, 4) is 0 Å². The van der Waals surface area contributed by atoms with Crippen molar-refractivity contribution >= 4 is 17.3 Å². The fraction of sp³-hybridized carbons (Fsp3) is 0.571. The number of nitrogens with zero attached hydrogens (tertiary/aromatic N) is 2. The van der Waals surface area contributed by atoms with E-state index in [9.17, 15) is 0 Å². The molecule has 0 aliphatic rings. The molecule has 4 heteroatoms. The predicted molar refractivity (Wildman–Crippen MR) is 80.4 cm³/mol. The summed E-state index contributed by atoms with van der Waals surface area (Å²) in [4.78, 5) is 4.56. The Morgan fingerprint density at radius 1 is 1.17 bits per heavy atom. The predicted octanol–water partition coefficient (Wildman–Crippen LogP) is 2.58. The summed E-state index contributed by atoms with van der Waals surface area (Å²) in [6, 6.07) is 5.95. The van der Waals surface area contributed by atoms with Crippen molar-refractivity contribution in [1.29, 1.82) is 0 Å². The first-order chi connectivity index (χ1) is 8.58. The molecule has 0 spiro atoms. The van der Waals surface area contributed by atoms with Gasteiger partial charge in [-0.05, 0) is 38.2 Å². The summed E-state index contributed by atoms with van der Waals surface area (Å²) in [5, 5.41) is 0.771. The van der Waals surface area contributed by atoms with Gasteiger partial charge in [-0.25, -0.2) is 0 Å². The standard InChI is InChI=1S/C14H24ClN3/c1-4-7-18(9-8-17(2)3)14-10-13(15)6-5-12(14)11-16/h5-6,10H,4,7-9,11,16H2,1-3H3. The Labute approximate surface area is 116 Å². The molecule has 0 saturated heterocycles. The number of rotatable bonds is 7. The van der Waals surface area contributed by atoms with E-state index in [1.165, 1.54) is 5.69 Å². The third-order valence-electron chi connectivity index (χ3n) is 2.92. The van der Waals surface area contributed by atoms with Crippen LogP contribution in [0, 0.1) is 0 Å². The zero-order valence-corrected chi connectivity index (χ0v) is 12.4. The summed E-state index contributed by atoms with van der Waals surface area (Å²) in [6.07, 6.45) is 1.12. The molecule has 2 N–H and O–H groups in total. The number of hydrogen-bond donors (Lipinski definition) is 1. The van der Waals surface area contributed by atoms with Crippen molar-refractivity contribution in [2.75, 3.05) is 38.6 Å². The number of halogens is 1. The van der Waals surface area contributed by atoms with E-state index in [0.29, 0.717) is 6.54 Å². The van der Waals surface area contributed by atoms with Crippen LogP contribution < -0.4 is 10.6 Å². The third kappa shape index (κ3) is 4.48. The lowest BCUT2D eigenvalue weighted by Crippen LogP contribution is -2.33. The molecule has 0 heterocycles. The van der Waals surface area contributed by atoms with Gasteiger partial charge in [0, 0.05) is 36.9 Å². The molecular formula is C14H24ClN3. The van der Waals surface area contributed by atoms with Crippen LogP contribution in [-0.2, 0) is 6.54 Å². The Morgan fingerprint density at radius 2 is 1.89 bits per heavy atom. The highest BCUT2D eigenvalue weighted by Crippen LogP contribution is 2.25. The molecule has 102 valence electrons. The van der Waals surface area contributed by atoms with Crippen LogP contribution in [0.5, 0.6) is 0 Å². The van der Waals surface area contributed by atoms with E-state index in [1.807, 2.05) is 18.2 Å². The van der Waals surface area contributed by atoms with Crippen LogP contribution in [0.4, 0.5) is 5.69 Å². The maximum absolute atomic E-state index is 6.10. The highest BCUT2D eigenvalue weighted by Gasteiger charge is 2.10. The molecule has 0 atom stereocenters.